The molecule has 2 fully saturated rings. The lowest BCUT2D eigenvalue weighted by Crippen LogP contribution is -2.32. The van der Waals surface area contributed by atoms with Gasteiger partial charge in [-0.2, -0.15) is 0 Å². The highest BCUT2D eigenvalue weighted by Gasteiger charge is 2.44. The van der Waals surface area contributed by atoms with Crippen LogP contribution < -0.4 is 4.90 Å². The van der Waals surface area contributed by atoms with Crippen molar-refractivity contribution in [3.63, 3.8) is 0 Å². The molecule has 2 saturated heterocycles. The van der Waals surface area contributed by atoms with Gasteiger partial charge in [-0.3, -0.25) is 19.9 Å². The van der Waals surface area contributed by atoms with Crippen LogP contribution in [0.15, 0.2) is 40.3 Å². The minimum atomic E-state index is 0.365. The average Bonchev–Trinajstić information content (AvgIpc) is 3.34. The molecule has 1 spiro atoms. The first kappa shape index (κ1) is 20.7. The van der Waals surface area contributed by atoms with E-state index in [9.17, 15) is 0 Å². The Morgan fingerprint density at radius 2 is 1.80 bits per heavy atom. The number of hydrogen-bond donors (Lipinski definition) is 0. The van der Waals surface area contributed by atoms with Gasteiger partial charge < -0.3 is 4.90 Å². The molecule has 0 saturated carbocycles. The van der Waals surface area contributed by atoms with Crippen LogP contribution >= 0.6 is 0 Å². The summed E-state index contributed by atoms with van der Waals surface area (Å²) in [6.45, 7) is 16.7. The fourth-order valence-electron chi connectivity index (χ4n) is 5.17. The van der Waals surface area contributed by atoms with Crippen LogP contribution in [0.25, 0.3) is 0 Å². The Hall–Kier alpha value is -2.53. The first-order valence-electron chi connectivity index (χ1n) is 11.0. The van der Waals surface area contributed by atoms with Crippen molar-refractivity contribution in [2.45, 2.75) is 46.6 Å². The standard InChI is InChI=1S/C25H33N5/c1-6-27-23-8-7-21(15-24(23)26-5)20(4)29-11-9-25(16-29)10-12-30(17-25)22-13-18(2)28-19(3)14-22/h6-8,13-15,20H,5,9-12,16-17H2,1-4H3/t20?,25-/m0/s1. The molecule has 5 nitrogen and oxygen atoms in total. The maximum atomic E-state index is 4.54. The van der Waals surface area contributed by atoms with Crippen molar-refractivity contribution in [2.24, 2.45) is 15.4 Å². The number of anilines is 1. The monoisotopic (exact) mass is 403 g/mol. The molecular formula is C25H33N5. The van der Waals surface area contributed by atoms with Crippen LogP contribution in [-0.4, -0.2) is 49.0 Å². The summed E-state index contributed by atoms with van der Waals surface area (Å²) in [5.41, 5.74) is 6.98. The first-order valence-corrected chi connectivity index (χ1v) is 11.0. The van der Waals surface area contributed by atoms with Gasteiger partial charge in [0.25, 0.3) is 0 Å². The fraction of sp³-hybridized carbons (Fsp3) is 0.480. The van der Waals surface area contributed by atoms with Crippen molar-refractivity contribution in [1.29, 1.82) is 0 Å². The van der Waals surface area contributed by atoms with Crippen molar-refractivity contribution in [3.05, 3.63) is 47.3 Å². The van der Waals surface area contributed by atoms with Crippen molar-refractivity contribution >= 4 is 30.0 Å². The topological polar surface area (TPSA) is 44.1 Å². The summed E-state index contributed by atoms with van der Waals surface area (Å²) < 4.78 is 0. The minimum Gasteiger partial charge on any atom is -0.371 e. The molecule has 30 heavy (non-hydrogen) atoms. The number of rotatable bonds is 5. The first-order chi connectivity index (χ1) is 14.4. The molecule has 4 rings (SSSR count). The Morgan fingerprint density at radius 1 is 1.07 bits per heavy atom. The zero-order valence-electron chi connectivity index (χ0n) is 18.7. The van der Waals surface area contributed by atoms with E-state index in [-0.39, 0.29) is 0 Å². The number of nitrogens with zero attached hydrogens (tertiary/aromatic N) is 5. The Kier molecular flexibility index (Phi) is 5.74. The molecule has 1 unspecified atom stereocenters. The van der Waals surface area contributed by atoms with Gasteiger partial charge >= 0.3 is 0 Å². The lowest BCUT2D eigenvalue weighted by atomic mass is 9.86. The van der Waals surface area contributed by atoms with Crippen LogP contribution in [0.3, 0.4) is 0 Å². The third kappa shape index (κ3) is 4.04. The molecule has 2 aliphatic heterocycles. The predicted molar refractivity (Wildman–Crippen MR) is 127 cm³/mol. The van der Waals surface area contributed by atoms with E-state index in [1.54, 1.807) is 6.21 Å². The van der Waals surface area contributed by atoms with Crippen LogP contribution in [0.1, 0.15) is 49.7 Å². The molecule has 2 aromatic rings. The highest BCUT2D eigenvalue weighted by atomic mass is 15.2. The number of benzene rings is 1. The molecule has 3 heterocycles. The molecule has 0 bridgehead atoms. The second kappa shape index (κ2) is 8.31. The molecule has 0 radical (unpaired) electrons. The van der Waals surface area contributed by atoms with Crippen LogP contribution in [-0.2, 0) is 0 Å². The third-order valence-corrected chi connectivity index (χ3v) is 6.81. The van der Waals surface area contributed by atoms with Gasteiger partial charge in [0.05, 0.1) is 11.4 Å². The molecular weight excluding hydrogens is 370 g/mol. The summed E-state index contributed by atoms with van der Waals surface area (Å²) in [5, 5.41) is 0. The molecule has 2 atom stereocenters. The van der Waals surface area contributed by atoms with Gasteiger partial charge in [-0.25, -0.2) is 0 Å². The van der Waals surface area contributed by atoms with Crippen molar-refractivity contribution in [2.75, 3.05) is 31.1 Å². The summed E-state index contributed by atoms with van der Waals surface area (Å²) in [5.74, 6) is 0. The third-order valence-electron chi connectivity index (χ3n) is 6.81. The van der Waals surface area contributed by atoms with E-state index in [1.807, 2.05) is 6.92 Å². The van der Waals surface area contributed by atoms with E-state index in [2.05, 4.69) is 82.6 Å². The van der Waals surface area contributed by atoms with E-state index in [0.29, 0.717) is 11.5 Å². The van der Waals surface area contributed by atoms with Gasteiger partial charge in [0.1, 0.15) is 0 Å². The van der Waals surface area contributed by atoms with Crippen molar-refractivity contribution in [3.8, 4) is 0 Å². The Morgan fingerprint density at radius 3 is 2.50 bits per heavy atom. The molecule has 0 amide bonds. The lowest BCUT2D eigenvalue weighted by molar-refractivity contribution is 0.225. The van der Waals surface area contributed by atoms with Gasteiger partial charge in [-0.05, 0) is 83.6 Å². The molecule has 1 aromatic carbocycles. The summed E-state index contributed by atoms with van der Waals surface area (Å²) in [6.07, 6.45) is 4.33. The number of hydrogen-bond acceptors (Lipinski definition) is 5. The van der Waals surface area contributed by atoms with Crippen LogP contribution in [0.5, 0.6) is 0 Å². The minimum absolute atomic E-state index is 0.365. The summed E-state index contributed by atoms with van der Waals surface area (Å²) in [4.78, 5) is 18.3. The number of pyridine rings is 1. The second-order valence-electron chi connectivity index (χ2n) is 8.97. The van der Waals surface area contributed by atoms with E-state index >= 15 is 0 Å². The van der Waals surface area contributed by atoms with Crippen LogP contribution in [0.2, 0.25) is 0 Å². The van der Waals surface area contributed by atoms with Crippen molar-refractivity contribution < 1.29 is 0 Å². The van der Waals surface area contributed by atoms with Gasteiger partial charge in [-0.15, -0.1) is 0 Å². The zero-order chi connectivity index (χ0) is 21.3. The Balaban J connectivity index is 1.47. The zero-order valence-corrected chi connectivity index (χ0v) is 18.7. The van der Waals surface area contributed by atoms with Crippen molar-refractivity contribution in [1.82, 2.24) is 9.88 Å². The molecule has 0 aliphatic carbocycles. The Labute approximate surface area is 180 Å². The summed E-state index contributed by atoms with van der Waals surface area (Å²) in [7, 11) is 0. The van der Waals surface area contributed by atoms with Crippen LogP contribution in [0.4, 0.5) is 17.1 Å². The molecule has 158 valence electrons. The molecule has 0 N–H and O–H groups in total. The lowest BCUT2D eigenvalue weighted by Gasteiger charge is -2.29. The molecule has 2 aliphatic rings. The van der Waals surface area contributed by atoms with E-state index < -0.39 is 0 Å². The Bertz CT molecular complexity index is 946. The SMILES string of the molecule is C=Nc1cc(C(C)N2CC[C@]3(CCN(c4cc(C)nc(C)c4)C3)C2)ccc1N=CC. The smallest absolute Gasteiger partial charge is 0.0882 e. The van der Waals surface area contributed by atoms with E-state index in [4.69, 9.17) is 0 Å². The number of aryl methyl sites for hydroxylation is 2. The largest absolute Gasteiger partial charge is 0.371 e. The maximum Gasteiger partial charge on any atom is 0.0882 e. The quantitative estimate of drug-likeness (QED) is 0.627. The van der Waals surface area contributed by atoms with Gasteiger partial charge in [0, 0.05) is 54.4 Å². The highest BCUT2D eigenvalue weighted by Crippen LogP contribution is 2.44. The van der Waals surface area contributed by atoms with Gasteiger partial charge in [0.15, 0.2) is 0 Å². The normalized spacial score (nSPS) is 23.0. The molecule has 5 heteroatoms. The average molecular weight is 404 g/mol. The fourth-order valence-corrected chi connectivity index (χ4v) is 5.17. The molecule has 1 aromatic heterocycles. The van der Waals surface area contributed by atoms with E-state index in [0.717, 1.165) is 48.9 Å². The predicted octanol–water partition coefficient (Wildman–Crippen LogP) is 5.42. The van der Waals surface area contributed by atoms with Gasteiger partial charge in [-0.1, -0.05) is 6.07 Å². The van der Waals surface area contributed by atoms with Crippen LogP contribution in [0, 0.1) is 19.3 Å². The number of aliphatic imine (C=N–C) groups is 2. The van der Waals surface area contributed by atoms with Gasteiger partial charge in [0.2, 0.25) is 0 Å². The summed E-state index contributed by atoms with van der Waals surface area (Å²) in [6, 6.07) is 11.2. The number of aromatic nitrogens is 1. The van der Waals surface area contributed by atoms with E-state index in [1.165, 1.54) is 24.1 Å². The summed E-state index contributed by atoms with van der Waals surface area (Å²) >= 11 is 0. The maximum absolute atomic E-state index is 4.54. The highest BCUT2D eigenvalue weighted by molar-refractivity contribution is 5.71. The second-order valence-corrected chi connectivity index (χ2v) is 8.97. The number of likely N-dealkylation sites (tertiary alicyclic amines) is 1.